The molecule has 0 amide bonds. The van der Waals surface area contributed by atoms with Gasteiger partial charge in [0.2, 0.25) is 0 Å². The van der Waals surface area contributed by atoms with Crippen molar-refractivity contribution >= 4 is 5.97 Å². The van der Waals surface area contributed by atoms with Crippen LogP contribution in [0.5, 0.6) is 0 Å². The first-order valence-electron chi connectivity index (χ1n) is 4.88. The van der Waals surface area contributed by atoms with Crippen molar-refractivity contribution in [2.45, 2.75) is 33.3 Å². The number of hydrogen-bond acceptors (Lipinski definition) is 2. The molecule has 1 unspecified atom stereocenters. The van der Waals surface area contributed by atoms with Gasteiger partial charge in [-0.25, -0.2) is 4.79 Å². The van der Waals surface area contributed by atoms with Crippen LogP contribution in [0, 0.1) is 0 Å². The van der Waals surface area contributed by atoms with Crippen molar-refractivity contribution in [3.63, 3.8) is 0 Å². The zero-order valence-corrected chi connectivity index (χ0v) is 9.17. The Morgan fingerprint density at radius 2 is 1.93 bits per heavy atom. The van der Waals surface area contributed by atoms with E-state index in [0.29, 0.717) is 5.57 Å². The minimum atomic E-state index is -0.293. The van der Waals surface area contributed by atoms with Crippen molar-refractivity contribution in [2.24, 2.45) is 0 Å². The van der Waals surface area contributed by atoms with Gasteiger partial charge >= 0.3 is 5.97 Å². The molecule has 0 radical (unpaired) electrons. The topological polar surface area (TPSA) is 26.3 Å². The molecule has 0 aliphatic carbocycles. The van der Waals surface area contributed by atoms with Crippen LogP contribution in [0.1, 0.15) is 27.2 Å². The lowest BCUT2D eigenvalue weighted by molar-refractivity contribution is -0.144. The fraction of sp³-hybridized carbons (Fsp3) is 0.417. The lowest BCUT2D eigenvalue weighted by Crippen LogP contribution is -2.22. The van der Waals surface area contributed by atoms with Crippen LogP contribution in [-0.4, -0.2) is 12.1 Å². The van der Waals surface area contributed by atoms with E-state index in [2.05, 4.69) is 13.2 Å². The number of rotatable bonds is 2. The summed E-state index contributed by atoms with van der Waals surface area (Å²) in [6, 6.07) is 0. The number of cyclic esters (lactones) is 1. The summed E-state index contributed by atoms with van der Waals surface area (Å²) in [5.74, 6) is -0.293. The summed E-state index contributed by atoms with van der Waals surface area (Å²) in [7, 11) is 0. The van der Waals surface area contributed by atoms with E-state index in [1.807, 2.05) is 20.8 Å². The molecule has 1 atom stereocenters. The van der Waals surface area contributed by atoms with Gasteiger partial charge in [0.05, 0.1) is 5.57 Å². The highest BCUT2D eigenvalue weighted by Crippen LogP contribution is 2.22. The maximum absolute atomic E-state index is 11.2. The Balaban J connectivity index is 0.000000791. The average molecular weight is 194 g/mol. The van der Waals surface area contributed by atoms with Crippen molar-refractivity contribution < 1.29 is 9.53 Å². The molecule has 1 aliphatic rings. The number of carbonyl (C=O) groups is 1. The van der Waals surface area contributed by atoms with Crippen molar-refractivity contribution in [1.29, 1.82) is 0 Å². The molecule has 0 fully saturated rings. The first-order valence-corrected chi connectivity index (χ1v) is 4.88. The summed E-state index contributed by atoms with van der Waals surface area (Å²) in [6.45, 7) is 13.1. The summed E-state index contributed by atoms with van der Waals surface area (Å²) >= 11 is 0. The Kier molecular flexibility index (Phi) is 5.61. The number of ether oxygens (including phenoxy) is 1. The molecule has 0 aromatic rings. The fourth-order valence-electron chi connectivity index (χ4n) is 1.25. The summed E-state index contributed by atoms with van der Waals surface area (Å²) in [4.78, 5) is 11.2. The van der Waals surface area contributed by atoms with E-state index < -0.39 is 0 Å². The van der Waals surface area contributed by atoms with Crippen LogP contribution in [0.4, 0.5) is 0 Å². The summed E-state index contributed by atoms with van der Waals surface area (Å²) in [5, 5.41) is 0. The van der Waals surface area contributed by atoms with Gasteiger partial charge in [0.1, 0.15) is 6.10 Å². The second kappa shape index (κ2) is 6.19. The van der Waals surface area contributed by atoms with Crippen LogP contribution >= 0.6 is 0 Å². The van der Waals surface area contributed by atoms with E-state index in [4.69, 9.17) is 4.74 Å². The SMILES string of the molecule is C=CC1=C(C=C)C(=O)OC(C)C1.CC. The van der Waals surface area contributed by atoms with Crippen molar-refractivity contribution in [3.05, 3.63) is 36.5 Å². The second-order valence-corrected chi connectivity index (χ2v) is 2.77. The fourth-order valence-corrected chi connectivity index (χ4v) is 1.25. The normalized spacial score (nSPS) is 20.5. The molecule has 14 heavy (non-hydrogen) atoms. The molecule has 0 saturated carbocycles. The predicted octanol–water partition coefficient (Wildman–Crippen LogP) is 3.02. The summed E-state index contributed by atoms with van der Waals surface area (Å²) < 4.78 is 5.01. The first kappa shape index (κ1) is 12.7. The highest BCUT2D eigenvalue weighted by molar-refractivity contribution is 5.93. The lowest BCUT2D eigenvalue weighted by Gasteiger charge is -2.21. The molecular weight excluding hydrogens is 176 g/mol. The van der Waals surface area contributed by atoms with Gasteiger partial charge in [0, 0.05) is 6.42 Å². The van der Waals surface area contributed by atoms with Crippen molar-refractivity contribution in [2.75, 3.05) is 0 Å². The van der Waals surface area contributed by atoms with Crippen LogP contribution in [0.15, 0.2) is 36.5 Å². The Morgan fingerprint density at radius 3 is 2.36 bits per heavy atom. The largest absolute Gasteiger partial charge is 0.459 e. The molecule has 0 aromatic heterocycles. The maximum atomic E-state index is 11.2. The van der Waals surface area contributed by atoms with E-state index >= 15 is 0 Å². The molecule has 0 aromatic carbocycles. The third kappa shape index (κ3) is 2.87. The van der Waals surface area contributed by atoms with Gasteiger partial charge in [-0.1, -0.05) is 39.2 Å². The molecule has 1 aliphatic heterocycles. The first-order chi connectivity index (χ1) is 6.69. The third-order valence-corrected chi connectivity index (χ3v) is 1.83. The molecule has 0 spiro atoms. The number of esters is 1. The average Bonchev–Trinajstić information content (AvgIpc) is 2.19. The van der Waals surface area contributed by atoms with Gasteiger partial charge in [0.25, 0.3) is 0 Å². The van der Waals surface area contributed by atoms with E-state index in [0.717, 1.165) is 12.0 Å². The van der Waals surface area contributed by atoms with E-state index in [9.17, 15) is 4.79 Å². The van der Waals surface area contributed by atoms with Gasteiger partial charge < -0.3 is 4.74 Å². The monoisotopic (exact) mass is 194 g/mol. The van der Waals surface area contributed by atoms with Gasteiger partial charge in [-0.15, -0.1) is 0 Å². The quantitative estimate of drug-likeness (QED) is 0.632. The number of carbonyl (C=O) groups excluding carboxylic acids is 1. The zero-order valence-electron chi connectivity index (χ0n) is 9.17. The highest BCUT2D eigenvalue weighted by Gasteiger charge is 2.22. The Hall–Kier alpha value is -1.31. The molecular formula is C12H18O2. The van der Waals surface area contributed by atoms with E-state index in [1.165, 1.54) is 6.08 Å². The molecule has 0 bridgehead atoms. The summed E-state index contributed by atoms with van der Waals surface area (Å²) in [5.41, 5.74) is 1.47. The Labute approximate surface area is 86.0 Å². The molecule has 1 heterocycles. The minimum absolute atomic E-state index is 0.0470. The Morgan fingerprint density at radius 1 is 1.36 bits per heavy atom. The zero-order chi connectivity index (χ0) is 11.1. The highest BCUT2D eigenvalue weighted by atomic mass is 16.5. The molecule has 2 heteroatoms. The second-order valence-electron chi connectivity index (χ2n) is 2.77. The predicted molar refractivity (Wildman–Crippen MR) is 58.9 cm³/mol. The molecule has 2 nitrogen and oxygen atoms in total. The standard InChI is InChI=1S/C10H12O2.C2H6/c1-4-8-6-7(3)12-10(11)9(8)5-2;1-2/h4-5,7H,1-2,6H2,3H3;1-2H3. The lowest BCUT2D eigenvalue weighted by atomic mass is 10.00. The van der Waals surface area contributed by atoms with E-state index in [1.54, 1.807) is 6.08 Å². The van der Waals surface area contributed by atoms with Gasteiger partial charge in [-0.3, -0.25) is 0 Å². The maximum Gasteiger partial charge on any atom is 0.338 e. The number of allylic oxidation sites excluding steroid dienone is 1. The smallest absolute Gasteiger partial charge is 0.338 e. The van der Waals surface area contributed by atoms with Gasteiger partial charge in [-0.2, -0.15) is 0 Å². The minimum Gasteiger partial charge on any atom is -0.459 e. The molecule has 1 rings (SSSR count). The van der Waals surface area contributed by atoms with Crippen LogP contribution in [0.25, 0.3) is 0 Å². The molecule has 0 N–H and O–H groups in total. The van der Waals surface area contributed by atoms with Gasteiger partial charge in [-0.05, 0) is 12.5 Å². The van der Waals surface area contributed by atoms with Crippen LogP contribution < -0.4 is 0 Å². The van der Waals surface area contributed by atoms with Crippen LogP contribution in [-0.2, 0) is 9.53 Å². The molecule has 0 saturated heterocycles. The Bertz CT molecular complexity index is 261. The van der Waals surface area contributed by atoms with Crippen molar-refractivity contribution in [3.8, 4) is 0 Å². The van der Waals surface area contributed by atoms with Crippen molar-refractivity contribution in [1.82, 2.24) is 0 Å². The summed E-state index contributed by atoms with van der Waals surface area (Å²) in [6.07, 6.45) is 3.89. The number of hydrogen-bond donors (Lipinski definition) is 0. The molecule has 78 valence electrons. The van der Waals surface area contributed by atoms with Crippen LogP contribution in [0.3, 0.4) is 0 Å². The van der Waals surface area contributed by atoms with E-state index in [-0.39, 0.29) is 12.1 Å². The van der Waals surface area contributed by atoms with Crippen LogP contribution in [0.2, 0.25) is 0 Å². The third-order valence-electron chi connectivity index (χ3n) is 1.83. The van der Waals surface area contributed by atoms with Gasteiger partial charge in [0.15, 0.2) is 0 Å².